The Labute approximate surface area is 120 Å². The lowest BCUT2D eigenvalue weighted by atomic mass is 10.3. The van der Waals surface area contributed by atoms with Gasteiger partial charge in [-0.3, -0.25) is 4.79 Å². The number of rotatable bonds is 5. The van der Waals surface area contributed by atoms with Crippen LogP contribution in [-0.2, 0) is 4.79 Å². The minimum Gasteiger partial charge on any atom is -0.618 e. The van der Waals surface area contributed by atoms with Crippen LogP contribution in [0.1, 0.15) is 17.8 Å². The van der Waals surface area contributed by atoms with Gasteiger partial charge in [0.05, 0.1) is 11.8 Å². The van der Waals surface area contributed by atoms with Crippen LogP contribution in [0, 0.1) is 5.21 Å². The average Bonchev–Trinajstić information content (AvgIpc) is 2.91. The van der Waals surface area contributed by atoms with E-state index in [0.29, 0.717) is 5.03 Å². The maximum atomic E-state index is 11.8. The molecular weight excluding hydrogens is 280 g/mol. The van der Waals surface area contributed by atoms with Crippen molar-refractivity contribution in [2.75, 3.05) is 5.75 Å². The Kier molecular flexibility index (Phi) is 4.81. The summed E-state index contributed by atoms with van der Waals surface area (Å²) in [6.45, 7) is 1.95. The van der Waals surface area contributed by atoms with Crippen LogP contribution in [0.5, 0.6) is 0 Å². The first-order valence-electron chi connectivity index (χ1n) is 5.80. The molecule has 0 aliphatic carbocycles. The molecule has 0 fully saturated rings. The molecule has 0 aromatic carbocycles. The van der Waals surface area contributed by atoms with Gasteiger partial charge in [0.15, 0.2) is 6.20 Å². The van der Waals surface area contributed by atoms with Gasteiger partial charge in [0.25, 0.3) is 5.03 Å². The van der Waals surface area contributed by atoms with E-state index in [2.05, 4.69) is 5.32 Å². The van der Waals surface area contributed by atoms with Crippen molar-refractivity contribution in [1.82, 2.24) is 5.32 Å². The second kappa shape index (κ2) is 6.58. The van der Waals surface area contributed by atoms with Gasteiger partial charge in [0.1, 0.15) is 0 Å². The van der Waals surface area contributed by atoms with E-state index in [-0.39, 0.29) is 17.7 Å². The van der Waals surface area contributed by atoms with Crippen LogP contribution >= 0.6 is 23.1 Å². The maximum Gasteiger partial charge on any atom is 0.251 e. The number of hydrogen-bond donors (Lipinski definition) is 1. The summed E-state index contributed by atoms with van der Waals surface area (Å²) in [7, 11) is 0. The van der Waals surface area contributed by atoms with Gasteiger partial charge >= 0.3 is 0 Å². The lowest BCUT2D eigenvalue weighted by Gasteiger charge is -2.11. The van der Waals surface area contributed by atoms with Crippen molar-refractivity contribution in [3.63, 3.8) is 0 Å². The number of aromatic nitrogens is 1. The standard InChI is InChI=1S/C13H14N2O2S2/c1-10(11-5-4-8-18-11)14-12(16)9-19-13-6-2-3-7-15(13)17/h2-8,10H,9H2,1H3,(H,14,16)/t10-/m0/s1. The second-order valence-electron chi connectivity index (χ2n) is 3.96. The molecule has 0 radical (unpaired) electrons. The SMILES string of the molecule is C[C@H](NC(=O)CSc1cccc[n+]1[O-])c1cccs1. The predicted octanol–water partition coefficient (Wildman–Crippen LogP) is 2.35. The smallest absolute Gasteiger partial charge is 0.251 e. The summed E-state index contributed by atoms with van der Waals surface area (Å²) in [6, 6.07) is 9.10. The van der Waals surface area contributed by atoms with Gasteiger partial charge in [-0.25, -0.2) is 0 Å². The van der Waals surface area contributed by atoms with Crippen molar-refractivity contribution in [1.29, 1.82) is 0 Å². The third-order valence-electron chi connectivity index (χ3n) is 2.49. The molecule has 0 unspecified atom stereocenters. The van der Waals surface area contributed by atoms with Crippen molar-refractivity contribution in [3.05, 3.63) is 52.0 Å². The van der Waals surface area contributed by atoms with E-state index in [1.807, 2.05) is 24.4 Å². The van der Waals surface area contributed by atoms with E-state index in [0.717, 1.165) is 9.61 Å². The van der Waals surface area contributed by atoms with Gasteiger partial charge in [-0.15, -0.1) is 11.3 Å². The van der Waals surface area contributed by atoms with Crippen molar-refractivity contribution in [3.8, 4) is 0 Å². The van der Waals surface area contributed by atoms with Crippen LogP contribution in [0.4, 0.5) is 0 Å². The highest BCUT2D eigenvalue weighted by Gasteiger charge is 2.12. The summed E-state index contributed by atoms with van der Waals surface area (Å²) in [5, 5.41) is 16.8. The zero-order valence-corrected chi connectivity index (χ0v) is 12.0. The van der Waals surface area contributed by atoms with Gasteiger partial charge in [-0.2, -0.15) is 4.73 Å². The fourth-order valence-corrected chi connectivity index (χ4v) is 3.02. The molecule has 1 atom stereocenters. The van der Waals surface area contributed by atoms with E-state index < -0.39 is 0 Å². The number of thioether (sulfide) groups is 1. The summed E-state index contributed by atoms with van der Waals surface area (Å²) in [6.07, 6.45) is 1.43. The first-order valence-corrected chi connectivity index (χ1v) is 7.67. The van der Waals surface area contributed by atoms with Crippen molar-refractivity contribution < 1.29 is 9.52 Å². The minimum atomic E-state index is -0.0743. The van der Waals surface area contributed by atoms with E-state index in [1.54, 1.807) is 29.5 Å². The number of nitrogens with one attached hydrogen (secondary N) is 1. The zero-order chi connectivity index (χ0) is 13.7. The molecular formula is C13H14N2O2S2. The Hall–Kier alpha value is -1.53. The van der Waals surface area contributed by atoms with Crippen molar-refractivity contribution >= 4 is 29.0 Å². The molecule has 1 amide bonds. The van der Waals surface area contributed by atoms with E-state index in [9.17, 15) is 10.0 Å². The molecule has 4 nitrogen and oxygen atoms in total. The highest BCUT2D eigenvalue weighted by atomic mass is 32.2. The van der Waals surface area contributed by atoms with E-state index >= 15 is 0 Å². The van der Waals surface area contributed by atoms with Crippen LogP contribution < -0.4 is 10.0 Å². The lowest BCUT2D eigenvalue weighted by Crippen LogP contribution is -2.30. The van der Waals surface area contributed by atoms with Crippen LogP contribution in [0.15, 0.2) is 46.9 Å². The molecule has 1 N–H and O–H groups in total. The van der Waals surface area contributed by atoms with Gasteiger partial charge in [-0.05, 0) is 36.2 Å². The summed E-state index contributed by atoms with van der Waals surface area (Å²) in [4.78, 5) is 12.9. The van der Waals surface area contributed by atoms with Gasteiger partial charge in [-0.1, -0.05) is 6.07 Å². The number of amides is 1. The first-order chi connectivity index (χ1) is 9.16. The highest BCUT2D eigenvalue weighted by Crippen LogP contribution is 2.18. The van der Waals surface area contributed by atoms with E-state index in [4.69, 9.17) is 0 Å². The largest absolute Gasteiger partial charge is 0.618 e. The van der Waals surface area contributed by atoms with Crippen molar-refractivity contribution in [2.24, 2.45) is 0 Å². The Morgan fingerprint density at radius 3 is 3.00 bits per heavy atom. The Bertz CT molecular complexity index is 543. The van der Waals surface area contributed by atoms with Crippen LogP contribution in [0.2, 0.25) is 0 Å². The molecule has 0 saturated heterocycles. The fourth-order valence-electron chi connectivity index (χ4n) is 1.56. The number of thiophene rings is 1. The zero-order valence-electron chi connectivity index (χ0n) is 10.4. The number of carbonyl (C=O) groups excluding carboxylic acids is 1. The van der Waals surface area contributed by atoms with Crippen LogP contribution in [-0.4, -0.2) is 11.7 Å². The van der Waals surface area contributed by atoms with Crippen molar-refractivity contribution in [2.45, 2.75) is 18.0 Å². The molecule has 2 heterocycles. The van der Waals surface area contributed by atoms with E-state index in [1.165, 1.54) is 18.0 Å². The molecule has 19 heavy (non-hydrogen) atoms. The summed E-state index contributed by atoms with van der Waals surface area (Å²) in [5.41, 5.74) is 0. The van der Waals surface area contributed by atoms with Gasteiger partial charge in [0.2, 0.25) is 5.91 Å². The van der Waals surface area contributed by atoms with Crippen LogP contribution in [0.3, 0.4) is 0 Å². The third-order valence-corrected chi connectivity index (χ3v) is 4.56. The molecule has 2 aromatic rings. The molecule has 0 saturated carbocycles. The fraction of sp³-hybridized carbons (Fsp3) is 0.231. The van der Waals surface area contributed by atoms with Crippen LogP contribution in [0.25, 0.3) is 0 Å². The molecule has 6 heteroatoms. The second-order valence-corrected chi connectivity index (χ2v) is 5.93. The molecule has 2 aromatic heterocycles. The molecule has 0 aliphatic rings. The Morgan fingerprint density at radius 1 is 1.47 bits per heavy atom. The third kappa shape index (κ3) is 3.97. The number of carbonyl (C=O) groups is 1. The minimum absolute atomic E-state index is 0.00301. The monoisotopic (exact) mass is 294 g/mol. The van der Waals surface area contributed by atoms with Gasteiger partial charge in [0, 0.05) is 17.0 Å². The summed E-state index contributed by atoms with van der Waals surface area (Å²) in [5.74, 6) is 0.164. The number of pyridine rings is 1. The molecule has 0 bridgehead atoms. The predicted molar refractivity (Wildman–Crippen MR) is 77.0 cm³/mol. The maximum absolute atomic E-state index is 11.8. The quantitative estimate of drug-likeness (QED) is 0.523. The lowest BCUT2D eigenvalue weighted by molar-refractivity contribution is -0.645. The summed E-state index contributed by atoms with van der Waals surface area (Å²) >= 11 is 2.85. The average molecular weight is 294 g/mol. The topological polar surface area (TPSA) is 56.0 Å². The van der Waals surface area contributed by atoms with Gasteiger partial charge < -0.3 is 10.5 Å². The Balaban J connectivity index is 1.84. The molecule has 0 spiro atoms. The summed E-state index contributed by atoms with van der Waals surface area (Å²) < 4.78 is 0.765. The molecule has 100 valence electrons. The Morgan fingerprint density at radius 2 is 2.32 bits per heavy atom. The number of hydrogen-bond acceptors (Lipinski definition) is 4. The molecule has 0 aliphatic heterocycles. The highest BCUT2D eigenvalue weighted by molar-refractivity contribution is 7.99. The molecule has 2 rings (SSSR count). The normalized spacial score (nSPS) is 12.1. The number of nitrogens with zero attached hydrogens (tertiary/aromatic N) is 1. The first kappa shape index (κ1) is 13.9.